The molecule has 0 fully saturated rings. The molecule has 0 bridgehead atoms. The smallest absolute Gasteiger partial charge is 0.271 e. The fourth-order valence-electron chi connectivity index (χ4n) is 2.25. The van der Waals surface area contributed by atoms with Crippen molar-refractivity contribution in [3.8, 4) is 5.75 Å². The minimum Gasteiger partial charge on any atom is -0.497 e. The number of nitrogens with zero attached hydrogens (tertiary/aromatic N) is 1. The highest BCUT2D eigenvalue weighted by atomic mass is 16.5. The minimum absolute atomic E-state index is 0.270. The van der Waals surface area contributed by atoms with Crippen molar-refractivity contribution < 1.29 is 9.53 Å². The van der Waals surface area contributed by atoms with Crippen LogP contribution in [0.3, 0.4) is 0 Å². The Morgan fingerprint density at radius 3 is 2.83 bits per heavy atom. The number of pyridine rings is 1. The van der Waals surface area contributed by atoms with Gasteiger partial charge >= 0.3 is 0 Å². The summed E-state index contributed by atoms with van der Waals surface area (Å²) in [5.74, 6) is 0.194. The summed E-state index contributed by atoms with van der Waals surface area (Å²) in [7, 11) is 1.53. The predicted molar refractivity (Wildman–Crippen MR) is 92.6 cm³/mol. The molecule has 24 heavy (non-hydrogen) atoms. The second kappa shape index (κ2) is 6.78. The van der Waals surface area contributed by atoms with E-state index in [0.717, 1.165) is 10.9 Å². The van der Waals surface area contributed by atoms with E-state index in [2.05, 4.69) is 15.5 Å². The van der Waals surface area contributed by atoms with Crippen molar-refractivity contribution in [2.45, 2.75) is 0 Å². The summed E-state index contributed by atoms with van der Waals surface area (Å²) in [6.07, 6.45) is 1.32. The molecule has 0 aliphatic carbocycles. The molecule has 0 spiro atoms. The van der Waals surface area contributed by atoms with E-state index in [4.69, 9.17) is 4.74 Å². The van der Waals surface area contributed by atoms with Gasteiger partial charge in [0.25, 0.3) is 11.5 Å². The quantitative estimate of drug-likeness (QED) is 0.571. The number of aromatic amines is 1. The van der Waals surface area contributed by atoms with Crippen LogP contribution in [0.5, 0.6) is 5.75 Å². The third kappa shape index (κ3) is 3.33. The lowest BCUT2D eigenvalue weighted by Crippen LogP contribution is -2.19. The van der Waals surface area contributed by atoms with Gasteiger partial charge in [0.1, 0.15) is 5.75 Å². The number of ether oxygens (including phenoxy) is 1. The first-order valence-corrected chi connectivity index (χ1v) is 7.27. The molecule has 2 N–H and O–H groups in total. The van der Waals surface area contributed by atoms with Crippen LogP contribution in [-0.2, 0) is 0 Å². The molecule has 0 atom stereocenters. The standard InChI is InChI=1S/C18H15N3O3/c1-24-15-7-4-6-13(10-15)18(23)21-19-11-14-9-12-5-2-3-8-16(12)20-17(14)22/h2-11H,1H3,(H,20,22)(H,21,23). The van der Waals surface area contributed by atoms with Gasteiger partial charge < -0.3 is 9.72 Å². The summed E-state index contributed by atoms with van der Waals surface area (Å²) in [6, 6.07) is 15.9. The molecule has 1 heterocycles. The van der Waals surface area contributed by atoms with Crippen LogP contribution in [0.1, 0.15) is 15.9 Å². The van der Waals surface area contributed by atoms with Crippen molar-refractivity contribution in [1.82, 2.24) is 10.4 Å². The first-order valence-electron chi connectivity index (χ1n) is 7.27. The van der Waals surface area contributed by atoms with Crippen LogP contribution in [0.15, 0.2) is 64.5 Å². The lowest BCUT2D eigenvalue weighted by atomic mass is 10.2. The van der Waals surface area contributed by atoms with Crippen molar-refractivity contribution >= 4 is 23.0 Å². The number of hydrazone groups is 1. The summed E-state index contributed by atoms with van der Waals surface area (Å²) in [5.41, 5.74) is 3.65. The zero-order valence-corrected chi connectivity index (χ0v) is 12.9. The number of rotatable bonds is 4. The molecule has 1 amide bonds. The molecule has 0 radical (unpaired) electrons. The second-order valence-corrected chi connectivity index (χ2v) is 5.07. The third-order valence-corrected chi connectivity index (χ3v) is 3.48. The topological polar surface area (TPSA) is 83.5 Å². The highest BCUT2D eigenvalue weighted by Gasteiger charge is 2.05. The number of hydrogen-bond donors (Lipinski definition) is 2. The van der Waals surface area contributed by atoms with E-state index in [1.807, 2.05) is 24.3 Å². The highest BCUT2D eigenvalue weighted by molar-refractivity contribution is 5.95. The van der Waals surface area contributed by atoms with Crippen LogP contribution in [0.4, 0.5) is 0 Å². The number of fused-ring (bicyclic) bond motifs is 1. The van der Waals surface area contributed by atoms with E-state index >= 15 is 0 Å². The molecule has 2 aromatic carbocycles. The number of nitrogens with one attached hydrogen (secondary N) is 2. The van der Waals surface area contributed by atoms with Gasteiger partial charge in [-0.05, 0) is 35.7 Å². The molecule has 0 aliphatic rings. The van der Waals surface area contributed by atoms with E-state index in [0.29, 0.717) is 16.9 Å². The van der Waals surface area contributed by atoms with Crippen LogP contribution in [-0.4, -0.2) is 24.2 Å². The Morgan fingerprint density at radius 2 is 2.00 bits per heavy atom. The van der Waals surface area contributed by atoms with E-state index in [-0.39, 0.29) is 11.5 Å². The van der Waals surface area contributed by atoms with Gasteiger partial charge in [-0.2, -0.15) is 5.10 Å². The van der Waals surface area contributed by atoms with Gasteiger partial charge in [-0.25, -0.2) is 5.43 Å². The van der Waals surface area contributed by atoms with Gasteiger partial charge in [0, 0.05) is 11.1 Å². The zero-order valence-electron chi connectivity index (χ0n) is 12.9. The van der Waals surface area contributed by atoms with Crippen molar-refractivity contribution in [3.05, 3.63) is 76.1 Å². The fraction of sp³-hybridized carbons (Fsp3) is 0.0556. The Morgan fingerprint density at radius 1 is 1.17 bits per heavy atom. The summed E-state index contributed by atoms with van der Waals surface area (Å²) in [6.45, 7) is 0. The molecular weight excluding hydrogens is 306 g/mol. The van der Waals surface area contributed by atoms with Crippen LogP contribution >= 0.6 is 0 Å². The molecule has 120 valence electrons. The average Bonchev–Trinajstić information content (AvgIpc) is 2.62. The number of para-hydroxylation sites is 1. The number of benzene rings is 2. The van der Waals surface area contributed by atoms with Crippen LogP contribution in [0.2, 0.25) is 0 Å². The van der Waals surface area contributed by atoms with E-state index in [1.54, 1.807) is 30.3 Å². The normalized spacial score (nSPS) is 10.9. The Balaban J connectivity index is 1.77. The summed E-state index contributed by atoms with van der Waals surface area (Å²) in [4.78, 5) is 26.8. The lowest BCUT2D eigenvalue weighted by Gasteiger charge is -2.03. The molecule has 6 nitrogen and oxygen atoms in total. The third-order valence-electron chi connectivity index (χ3n) is 3.48. The van der Waals surface area contributed by atoms with Crippen molar-refractivity contribution in [2.24, 2.45) is 5.10 Å². The largest absolute Gasteiger partial charge is 0.497 e. The Hall–Kier alpha value is -3.41. The number of carbonyl (C=O) groups excluding carboxylic acids is 1. The van der Waals surface area contributed by atoms with Crippen LogP contribution in [0, 0.1) is 0 Å². The maximum Gasteiger partial charge on any atom is 0.271 e. The molecule has 0 saturated carbocycles. The first-order chi connectivity index (χ1) is 11.7. The number of methoxy groups -OCH3 is 1. The predicted octanol–water partition coefficient (Wildman–Crippen LogP) is 2.30. The maximum atomic E-state index is 12.0. The van der Waals surface area contributed by atoms with Crippen LogP contribution < -0.4 is 15.7 Å². The minimum atomic E-state index is -0.387. The van der Waals surface area contributed by atoms with E-state index in [9.17, 15) is 9.59 Å². The van der Waals surface area contributed by atoms with Gasteiger partial charge in [0.15, 0.2) is 0 Å². The summed E-state index contributed by atoms with van der Waals surface area (Å²) >= 11 is 0. The number of carbonyl (C=O) groups is 1. The molecule has 1 aromatic heterocycles. The Labute approximate surface area is 137 Å². The first kappa shape index (κ1) is 15.5. The van der Waals surface area contributed by atoms with Gasteiger partial charge in [0.05, 0.1) is 18.9 Å². The second-order valence-electron chi connectivity index (χ2n) is 5.07. The van der Waals surface area contributed by atoms with Gasteiger partial charge in [-0.3, -0.25) is 9.59 Å². The molecule has 6 heteroatoms. The summed E-state index contributed by atoms with van der Waals surface area (Å²) < 4.78 is 5.07. The number of hydrogen-bond acceptors (Lipinski definition) is 4. The summed E-state index contributed by atoms with van der Waals surface area (Å²) in [5, 5.41) is 4.74. The maximum absolute atomic E-state index is 12.0. The molecule has 0 saturated heterocycles. The monoisotopic (exact) mass is 321 g/mol. The molecule has 0 unspecified atom stereocenters. The highest BCUT2D eigenvalue weighted by Crippen LogP contribution is 2.12. The number of H-pyrrole nitrogens is 1. The van der Waals surface area contributed by atoms with Gasteiger partial charge in [-0.15, -0.1) is 0 Å². The van der Waals surface area contributed by atoms with E-state index in [1.165, 1.54) is 13.3 Å². The zero-order chi connectivity index (χ0) is 16.9. The van der Waals surface area contributed by atoms with Crippen LogP contribution in [0.25, 0.3) is 10.9 Å². The van der Waals surface area contributed by atoms with Crippen molar-refractivity contribution in [2.75, 3.05) is 7.11 Å². The van der Waals surface area contributed by atoms with Gasteiger partial charge in [-0.1, -0.05) is 24.3 Å². The SMILES string of the molecule is COc1cccc(C(=O)NN=Cc2cc3ccccc3[nH]c2=O)c1. The lowest BCUT2D eigenvalue weighted by molar-refractivity contribution is 0.0955. The Kier molecular flexibility index (Phi) is 4.38. The van der Waals surface area contributed by atoms with Crippen molar-refractivity contribution in [1.29, 1.82) is 0 Å². The molecule has 3 rings (SSSR count). The van der Waals surface area contributed by atoms with Gasteiger partial charge in [0.2, 0.25) is 0 Å². The van der Waals surface area contributed by atoms with Crippen molar-refractivity contribution in [3.63, 3.8) is 0 Å². The molecular formula is C18H15N3O3. The molecule has 3 aromatic rings. The molecule has 0 aliphatic heterocycles. The fourth-order valence-corrected chi connectivity index (χ4v) is 2.25. The van der Waals surface area contributed by atoms with E-state index < -0.39 is 0 Å². The average molecular weight is 321 g/mol. The number of aromatic nitrogens is 1. The number of amides is 1. The Bertz CT molecular complexity index is 976.